The molecule has 5 heteroatoms. The number of likely N-dealkylation sites (N-methyl/N-ethyl adjacent to an activating group) is 1. The van der Waals surface area contributed by atoms with Crippen molar-refractivity contribution in [1.29, 1.82) is 0 Å². The third-order valence-corrected chi connectivity index (χ3v) is 4.94. The lowest BCUT2D eigenvalue weighted by Gasteiger charge is -2.39. The molecule has 0 aliphatic carbocycles. The lowest BCUT2D eigenvalue weighted by atomic mass is 10.1. The van der Waals surface area contributed by atoms with Gasteiger partial charge in [-0.2, -0.15) is 0 Å². The summed E-state index contributed by atoms with van der Waals surface area (Å²) in [6.45, 7) is 2.03. The van der Waals surface area contributed by atoms with E-state index < -0.39 is 0 Å². The molecular formula is C17H19FN4. The van der Waals surface area contributed by atoms with Gasteiger partial charge in [0, 0.05) is 30.7 Å². The Labute approximate surface area is 129 Å². The monoisotopic (exact) mass is 298 g/mol. The highest BCUT2D eigenvalue weighted by atomic mass is 19.1. The molecule has 1 aromatic carbocycles. The highest BCUT2D eigenvalue weighted by molar-refractivity contribution is 5.59. The highest BCUT2D eigenvalue weighted by Crippen LogP contribution is 2.30. The highest BCUT2D eigenvalue weighted by Gasteiger charge is 2.37. The van der Waals surface area contributed by atoms with Crippen LogP contribution in [0, 0.1) is 5.82 Å². The fourth-order valence-corrected chi connectivity index (χ4v) is 3.60. The molecule has 22 heavy (non-hydrogen) atoms. The number of fused-ring (bicyclic) bond motifs is 2. The van der Waals surface area contributed by atoms with Gasteiger partial charge in [-0.1, -0.05) is 12.1 Å². The molecule has 0 saturated carbocycles. The van der Waals surface area contributed by atoms with E-state index >= 15 is 0 Å². The Bertz CT molecular complexity index is 659. The first-order chi connectivity index (χ1) is 10.7. The van der Waals surface area contributed by atoms with E-state index in [0.717, 1.165) is 24.5 Å². The summed E-state index contributed by atoms with van der Waals surface area (Å²) in [5.74, 6) is 0.671. The van der Waals surface area contributed by atoms with Crippen molar-refractivity contribution in [3.8, 4) is 11.3 Å². The number of hydrogen-bond acceptors (Lipinski definition) is 4. The molecule has 0 radical (unpaired) electrons. The minimum atomic E-state index is -0.251. The van der Waals surface area contributed by atoms with Crippen LogP contribution in [0.1, 0.15) is 12.8 Å². The Morgan fingerprint density at radius 2 is 1.82 bits per heavy atom. The molecule has 4 nitrogen and oxygen atoms in total. The van der Waals surface area contributed by atoms with Gasteiger partial charge in [-0.3, -0.25) is 4.90 Å². The molecule has 2 aliphatic heterocycles. The zero-order chi connectivity index (χ0) is 15.1. The first-order valence-electron chi connectivity index (χ1n) is 7.77. The maximum absolute atomic E-state index is 13.3. The minimum absolute atomic E-state index is 0.251. The predicted octanol–water partition coefficient (Wildman–Crippen LogP) is 2.57. The minimum Gasteiger partial charge on any atom is -0.352 e. The molecule has 2 bridgehead atoms. The summed E-state index contributed by atoms with van der Waals surface area (Å²) in [5.41, 5.74) is 1.47. The summed E-state index contributed by atoms with van der Waals surface area (Å²) in [6.07, 6.45) is 2.54. The van der Waals surface area contributed by atoms with Crippen LogP contribution in [0.3, 0.4) is 0 Å². The number of rotatable bonds is 2. The number of benzene rings is 1. The van der Waals surface area contributed by atoms with Gasteiger partial charge in [0.25, 0.3) is 0 Å². The van der Waals surface area contributed by atoms with Crippen LogP contribution in [0.25, 0.3) is 11.3 Å². The SMILES string of the molecule is CN1C2CCC1CN(c1ccc(-c3cccc(F)c3)nn1)C2. The Kier molecular flexibility index (Phi) is 3.30. The second-order valence-electron chi connectivity index (χ2n) is 6.24. The van der Waals surface area contributed by atoms with E-state index in [1.165, 1.54) is 25.0 Å². The van der Waals surface area contributed by atoms with Crippen molar-refractivity contribution in [3.05, 3.63) is 42.2 Å². The number of anilines is 1. The molecule has 2 aromatic rings. The second kappa shape index (κ2) is 5.32. The van der Waals surface area contributed by atoms with E-state index in [1.54, 1.807) is 6.07 Å². The smallest absolute Gasteiger partial charge is 0.151 e. The van der Waals surface area contributed by atoms with Crippen LogP contribution in [-0.4, -0.2) is 47.3 Å². The van der Waals surface area contributed by atoms with Gasteiger partial charge in [0.05, 0.1) is 5.69 Å². The molecule has 0 spiro atoms. The number of hydrogen-bond donors (Lipinski definition) is 0. The van der Waals surface area contributed by atoms with Crippen LogP contribution in [0.5, 0.6) is 0 Å². The van der Waals surface area contributed by atoms with Gasteiger partial charge >= 0.3 is 0 Å². The average molecular weight is 298 g/mol. The molecule has 4 rings (SSSR count). The molecule has 2 unspecified atom stereocenters. The number of aromatic nitrogens is 2. The van der Waals surface area contributed by atoms with Crippen molar-refractivity contribution in [2.24, 2.45) is 0 Å². The third-order valence-electron chi connectivity index (χ3n) is 4.94. The number of nitrogens with zero attached hydrogens (tertiary/aromatic N) is 4. The predicted molar refractivity (Wildman–Crippen MR) is 84.2 cm³/mol. The summed E-state index contributed by atoms with van der Waals surface area (Å²) in [4.78, 5) is 4.82. The van der Waals surface area contributed by atoms with Gasteiger partial charge in [0.2, 0.25) is 0 Å². The molecule has 2 fully saturated rings. The lowest BCUT2D eigenvalue weighted by Crippen LogP contribution is -2.52. The van der Waals surface area contributed by atoms with Gasteiger partial charge < -0.3 is 4.90 Å². The second-order valence-corrected chi connectivity index (χ2v) is 6.24. The summed E-state index contributed by atoms with van der Waals surface area (Å²) < 4.78 is 13.3. The van der Waals surface area contributed by atoms with Crippen molar-refractivity contribution in [3.63, 3.8) is 0 Å². The fourth-order valence-electron chi connectivity index (χ4n) is 3.60. The zero-order valence-electron chi connectivity index (χ0n) is 12.6. The van der Waals surface area contributed by atoms with Crippen LogP contribution in [0.2, 0.25) is 0 Å². The summed E-state index contributed by atoms with van der Waals surface area (Å²) in [6, 6.07) is 11.6. The Balaban J connectivity index is 1.55. The molecule has 2 saturated heterocycles. The molecule has 0 amide bonds. The van der Waals surface area contributed by atoms with Crippen LogP contribution in [0.15, 0.2) is 36.4 Å². The summed E-state index contributed by atoms with van der Waals surface area (Å²) in [7, 11) is 2.22. The van der Waals surface area contributed by atoms with Gasteiger partial charge in [-0.05, 0) is 44.2 Å². The van der Waals surface area contributed by atoms with Crippen molar-refractivity contribution >= 4 is 5.82 Å². The fraction of sp³-hybridized carbons (Fsp3) is 0.412. The largest absolute Gasteiger partial charge is 0.352 e. The van der Waals surface area contributed by atoms with E-state index in [-0.39, 0.29) is 5.82 Å². The summed E-state index contributed by atoms with van der Waals surface area (Å²) in [5, 5.41) is 8.65. The topological polar surface area (TPSA) is 32.3 Å². The molecule has 3 heterocycles. The van der Waals surface area contributed by atoms with Gasteiger partial charge in [-0.15, -0.1) is 10.2 Å². The first-order valence-corrected chi connectivity index (χ1v) is 7.77. The van der Waals surface area contributed by atoms with E-state index in [0.29, 0.717) is 17.8 Å². The van der Waals surface area contributed by atoms with E-state index in [1.807, 2.05) is 18.2 Å². The van der Waals surface area contributed by atoms with Crippen molar-refractivity contribution in [2.45, 2.75) is 24.9 Å². The van der Waals surface area contributed by atoms with E-state index in [2.05, 4.69) is 27.0 Å². The average Bonchev–Trinajstić information content (AvgIpc) is 2.76. The molecule has 2 aliphatic rings. The molecule has 2 atom stereocenters. The summed E-state index contributed by atoms with van der Waals surface area (Å²) >= 11 is 0. The van der Waals surface area contributed by atoms with Crippen molar-refractivity contribution in [1.82, 2.24) is 15.1 Å². The van der Waals surface area contributed by atoms with Gasteiger partial charge in [0.1, 0.15) is 5.82 Å². The molecule has 114 valence electrons. The van der Waals surface area contributed by atoms with Crippen LogP contribution in [-0.2, 0) is 0 Å². The standard InChI is InChI=1S/C17H19FN4/c1-21-14-5-6-15(21)11-22(10-14)17-8-7-16(19-20-17)12-3-2-4-13(18)9-12/h2-4,7-9,14-15H,5-6,10-11H2,1H3. The van der Waals surface area contributed by atoms with E-state index in [9.17, 15) is 4.39 Å². The number of piperazine rings is 1. The maximum Gasteiger partial charge on any atom is 0.151 e. The molecule has 0 N–H and O–H groups in total. The van der Waals surface area contributed by atoms with E-state index in [4.69, 9.17) is 0 Å². The Morgan fingerprint density at radius 1 is 1.05 bits per heavy atom. The molecular weight excluding hydrogens is 279 g/mol. The van der Waals surface area contributed by atoms with Gasteiger partial charge in [-0.25, -0.2) is 4.39 Å². The van der Waals surface area contributed by atoms with Crippen molar-refractivity contribution in [2.75, 3.05) is 25.0 Å². The third kappa shape index (κ3) is 2.35. The van der Waals surface area contributed by atoms with Crippen molar-refractivity contribution < 1.29 is 4.39 Å². The number of halogens is 1. The Hall–Kier alpha value is -2.01. The first kappa shape index (κ1) is 13.6. The van der Waals surface area contributed by atoms with Crippen LogP contribution in [0.4, 0.5) is 10.2 Å². The Morgan fingerprint density at radius 3 is 2.45 bits per heavy atom. The quantitative estimate of drug-likeness (QED) is 0.853. The molecule has 1 aromatic heterocycles. The zero-order valence-corrected chi connectivity index (χ0v) is 12.6. The maximum atomic E-state index is 13.3. The van der Waals surface area contributed by atoms with Crippen LogP contribution < -0.4 is 4.90 Å². The van der Waals surface area contributed by atoms with Gasteiger partial charge in [0.15, 0.2) is 5.82 Å². The lowest BCUT2D eigenvalue weighted by molar-refractivity contribution is 0.211. The normalized spacial score (nSPS) is 24.7. The van der Waals surface area contributed by atoms with Crippen LogP contribution >= 0.6 is 0 Å².